The number of rotatable bonds is 5. The van der Waals surface area contributed by atoms with Gasteiger partial charge in [0.1, 0.15) is 18.1 Å². The van der Waals surface area contributed by atoms with Crippen molar-refractivity contribution < 1.29 is 29.4 Å². The van der Waals surface area contributed by atoms with Gasteiger partial charge in [0.2, 0.25) is 17.7 Å². The van der Waals surface area contributed by atoms with E-state index < -0.39 is 48.4 Å². The number of hydrogen-bond donors (Lipinski definition) is 5. The zero-order valence-electron chi connectivity index (χ0n) is 12.5. The molecule has 9 heteroatoms. The number of carboxylic acids is 1. The molecule has 1 saturated heterocycles. The van der Waals surface area contributed by atoms with Crippen molar-refractivity contribution in [2.24, 2.45) is 5.92 Å². The summed E-state index contributed by atoms with van der Waals surface area (Å²) in [5.74, 6) is -3.27. The normalized spacial score (nSPS) is 26.4. The van der Waals surface area contributed by atoms with E-state index >= 15 is 0 Å². The molecule has 1 heterocycles. The van der Waals surface area contributed by atoms with Crippen molar-refractivity contribution in [2.75, 3.05) is 6.61 Å². The molecule has 22 heavy (non-hydrogen) atoms. The Morgan fingerprint density at radius 3 is 2.09 bits per heavy atom. The van der Waals surface area contributed by atoms with E-state index in [2.05, 4.69) is 16.0 Å². The zero-order valence-corrected chi connectivity index (χ0v) is 12.5. The lowest BCUT2D eigenvalue weighted by Crippen LogP contribution is -2.53. The van der Waals surface area contributed by atoms with Gasteiger partial charge in [-0.1, -0.05) is 13.8 Å². The zero-order chi connectivity index (χ0) is 16.9. The van der Waals surface area contributed by atoms with Gasteiger partial charge >= 0.3 is 5.97 Å². The number of carbonyl (C=O) groups is 4. The standard InChI is InChI=1S/C13H21N3O6/c1-6(2)10-13(22)15-8(5-17)12(21)14-7(11(20)16-10)3-4-9(18)19/h6-8,10,17H,3-5H2,1-2H3,(H,14,21)(H,15,22)(H,16,20)(H,18,19)/t7-,8-,10-/m0/s1. The number of aliphatic hydroxyl groups is 1. The lowest BCUT2D eigenvalue weighted by molar-refractivity contribution is -0.138. The molecule has 0 unspecified atom stereocenters. The molecule has 1 fully saturated rings. The van der Waals surface area contributed by atoms with Crippen LogP contribution >= 0.6 is 0 Å². The smallest absolute Gasteiger partial charge is 0.303 e. The Bertz CT molecular complexity index is 465. The van der Waals surface area contributed by atoms with Gasteiger partial charge in [0.25, 0.3) is 0 Å². The van der Waals surface area contributed by atoms with E-state index in [1.165, 1.54) is 0 Å². The van der Waals surface area contributed by atoms with Gasteiger partial charge in [-0.05, 0) is 12.3 Å². The van der Waals surface area contributed by atoms with Crippen molar-refractivity contribution in [1.29, 1.82) is 0 Å². The third-order valence-corrected chi connectivity index (χ3v) is 3.34. The van der Waals surface area contributed by atoms with E-state index in [1.807, 2.05) is 0 Å². The lowest BCUT2D eigenvalue weighted by Gasteiger charge is -2.22. The minimum atomic E-state index is -1.19. The molecule has 124 valence electrons. The van der Waals surface area contributed by atoms with Crippen LogP contribution in [0.3, 0.4) is 0 Å². The lowest BCUT2D eigenvalue weighted by atomic mass is 10.0. The molecule has 0 spiro atoms. The number of nitrogens with one attached hydrogen (secondary N) is 3. The molecule has 5 N–H and O–H groups in total. The number of aliphatic carboxylic acids is 1. The number of amides is 3. The Kier molecular flexibility index (Phi) is 6.29. The summed E-state index contributed by atoms with van der Waals surface area (Å²) in [4.78, 5) is 46.9. The van der Waals surface area contributed by atoms with Crippen molar-refractivity contribution >= 4 is 23.7 Å². The molecule has 0 aliphatic carbocycles. The molecule has 0 aromatic heterocycles. The Morgan fingerprint density at radius 1 is 1.05 bits per heavy atom. The minimum absolute atomic E-state index is 0.107. The van der Waals surface area contributed by atoms with Crippen LogP contribution in [-0.2, 0) is 19.2 Å². The Hall–Kier alpha value is -2.16. The fourth-order valence-electron chi connectivity index (χ4n) is 2.05. The monoisotopic (exact) mass is 315 g/mol. The molecular weight excluding hydrogens is 294 g/mol. The van der Waals surface area contributed by atoms with Gasteiger partial charge in [-0.3, -0.25) is 19.2 Å². The van der Waals surface area contributed by atoms with Crippen LogP contribution in [0.1, 0.15) is 26.7 Å². The molecule has 0 saturated carbocycles. The van der Waals surface area contributed by atoms with Gasteiger partial charge < -0.3 is 26.2 Å². The van der Waals surface area contributed by atoms with Crippen LogP contribution in [-0.4, -0.2) is 58.6 Å². The maximum Gasteiger partial charge on any atom is 0.303 e. The van der Waals surface area contributed by atoms with E-state index in [1.54, 1.807) is 13.8 Å². The van der Waals surface area contributed by atoms with E-state index in [0.717, 1.165) is 0 Å². The highest BCUT2D eigenvalue weighted by Crippen LogP contribution is 2.07. The molecule has 0 bridgehead atoms. The van der Waals surface area contributed by atoms with Crippen molar-refractivity contribution in [3.8, 4) is 0 Å². The summed E-state index contributed by atoms with van der Waals surface area (Å²) < 4.78 is 0. The highest BCUT2D eigenvalue weighted by Gasteiger charge is 2.34. The number of aliphatic hydroxyl groups excluding tert-OH is 1. The first-order valence-electron chi connectivity index (χ1n) is 7.00. The topological polar surface area (TPSA) is 145 Å². The van der Waals surface area contributed by atoms with Crippen molar-refractivity contribution in [2.45, 2.75) is 44.8 Å². The largest absolute Gasteiger partial charge is 0.481 e. The van der Waals surface area contributed by atoms with Crippen LogP contribution in [0, 0.1) is 5.92 Å². The summed E-state index contributed by atoms with van der Waals surface area (Å²) in [5, 5.41) is 25.1. The van der Waals surface area contributed by atoms with Gasteiger partial charge in [0, 0.05) is 6.42 Å². The summed E-state index contributed by atoms with van der Waals surface area (Å²) in [5.41, 5.74) is 0. The summed E-state index contributed by atoms with van der Waals surface area (Å²) in [7, 11) is 0. The molecule has 9 nitrogen and oxygen atoms in total. The number of carbonyl (C=O) groups excluding carboxylic acids is 3. The van der Waals surface area contributed by atoms with Crippen LogP contribution in [0.25, 0.3) is 0 Å². The van der Waals surface area contributed by atoms with E-state index in [9.17, 15) is 24.3 Å². The average Bonchev–Trinajstić information content (AvgIpc) is 2.48. The van der Waals surface area contributed by atoms with Gasteiger partial charge in [0.15, 0.2) is 0 Å². The summed E-state index contributed by atoms with van der Waals surface area (Å²) in [6.07, 6.45) is -0.417. The predicted molar refractivity (Wildman–Crippen MR) is 74.6 cm³/mol. The van der Waals surface area contributed by atoms with Gasteiger partial charge in [-0.2, -0.15) is 0 Å². The highest BCUT2D eigenvalue weighted by molar-refractivity contribution is 5.97. The SMILES string of the molecule is CC(C)[C@@H]1NC(=O)[C@H](CCC(=O)O)NC(=O)[C@H](CO)NC1=O. The van der Waals surface area contributed by atoms with E-state index in [-0.39, 0.29) is 18.8 Å². The first kappa shape index (κ1) is 17.9. The van der Waals surface area contributed by atoms with Crippen LogP contribution in [0.5, 0.6) is 0 Å². The van der Waals surface area contributed by atoms with Gasteiger partial charge in [-0.15, -0.1) is 0 Å². The summed E-state index contributed by atoms with van der Waals surface area (Å²) >= 11 is 0. The first-order chi connectivity index (χ1) is 10.3. The fourth-order valence-corrected chi connectivity index (χ4v) is 2.05. The van der Waals surface area contributed by atoms with Crippen LogP contribution in [0.2, 0.25) is 0 Å². The quantitative estimate of drug-likeness (QED) is 0.395. The van der Waals surface area contributed by atoms with Crippen LogP contribution in [0.4, 0.5) is 0 Å². The highest BCUT2D eigenvalue weighted by atomic mass is 16.4. The maximum absolute atomic E-state index is 12.2. The first-order valence-corrected chi connectivity index (χ1v) is 7.00. The Balaban J connectivity index is 3.01. The predicted octanol–water partition coefficient (Wildman–Crippen LogP) is -2.03. The number of carboxylic acid groups (broad SMARTS) is 1. The van der Waals surface area contributed by atoms with Crippen LogP contribution < -0.4 is 16.0 Å². The molecule has 1 aliphatic rings. The maximum atomic E-state index is 12.2. The van der Waals surface area contributed by atoms with Crippen LogP contribution in [0.15, 0.2) is 0 Å². The second-order valence-corrected chi connectivity index (χ2v) is 5.47. The van der Waals surface area contributed by atoms with Crippen molar-refractivity contribution in [1.82, 2.24) is 16.0 Å². The second kappa shape index (κ2) is 7.74. The second-order valence-electron chi connectivity index (χ2n) is 5.47. The third-order valence-electron chi connectivity index (χ3n) is 3.34. The molecule has 0 aromatic rings. The molecule has 1 aliphatic heterocycles. The number of hydrogen-bond acceptors (Lipinski definition) is 5. The molecule has 0 aromatic carbocycles. The molecular formula is C13H21N3O6. The van der Waals surface area contributed by atoms with E-state index in [0.29, 0.717) is 0 Å². The molecule has 1 rings (SSSR count). The fraction of sp³-hybridized carbons (Fsp3) is 0.692. The van der Waals surface area contributed by atoms with Crippen molar-refractivity contribution in [3.05, 3.63) is 0 Å². The third kappa shape index (κ3) is 4.69. The molecule has 3 atom stereocenters. The Morgan fingerprint density at radius 2 is 1.59 bits per heavy atom. The van der Waals surface area contributed by atoms with E-state index in [4.69, 9.17) is 5.11 Å². The molecule has 3 amide bonds. The Labute approximate surface area is 127 Å². The summed E-state index contributed by atoms with van der Waals surface area (Å²) in [6.45, 7) is 2.82. The minimum Gasteiger partial charge on any atom is -0.481 e. The van der Waals surface area contributed by atoms with Crippen molar-refractivity contribution in [3.63, 3.8) is 0 Å². The average molecular weight is 315 g/mol. The van der Waals surface area contributed by atoms with Gasteiger partial charge in [-0.25, -0.2) is 0 Å². The molecule has 0 radical (unpaired) electrons. The van der Waals surface area contributed by atoms with Gasteiger partial charge in [0.05, 0.1) is 6.61 Å². The summed E-state index contributed by atoms with van der Waals surface area (Å²) in [6, 6.07) is -3.14.